The Bertz CT molecular complexity index is 1030. The Hall–Kier alpha value is -3.47. The lowest BCUT2D eigenvalue weighted by Gasteiger charge is -2.10. The number of nitrogens with zero attached hydrogens (tertiary/aromatic N) is 1. The van der Waals surface area contributed by atoms with Crippen LogP contribution in [0.2, 0.25) is 0 Å². The van der Waals surface area contributed by atoms with Gasteiger partial charge in [0.25, 0.3) is 11.8 Å². The highest BCUT2D eigenvalue weighted by Gasteiger charge is 2.23. The summed E-state index contributed by atoms with van der Waals surface area (Å²) in [4.78, 5) is 29.5. The van der Waals surface area contributed by atoms with Gasteiger partial charge in [-0.3, -0.25) is 14.6 Å². The SMILES string of the molecule is Cc1nc(-c2ccccc2)ccc1C(=O)Nc1cccc(C(=O)NC2CC2)c1. The number of carbonyl (C=O) groups excluding carboxylic acids is 2. The van der Waals surface area contributed by atoms with Gasteiger partial charge in [0, 0.05) is 22.9 Å². The number of anilines is 1. The fourth-order valence-electron chi connectivity index (χ4n) is 3.00. The second-order valence-electron chi connectivity index (χ2n) is 6.98. The van der Waals surface area contributed by atoms with Gasteiger partial charge < -0.3 is 10.6 Å². The van der Waals surface area contributed by atoms with Gasteiger partial charge in [0.05, 0.1) is 17.0 Å². The molecular formula is C23H21N3O2. The van der Waals surface area contributed by atoms with Crippen molar-refractivity contribution in [1.29, 1.82) is 0 Å². The maximum absolute atomic E-state index is 12.7. The van der Waals surface area contributed by atoms with Crippen LogP contribution in [0.15, 0.2) is 66.7 Å². The smallest absolute Gasteiger partial charge is 0.257 e. The molecule has 1 aromatic heterocycles. The molecule has 2 aromatic carbocycles. The summed E-state index contributed by atoms with van der Waals surface area (Å²) in [7, 11) is 0. The summed E-state index contributed by atoms with van der Waals surface area (Å²) in [6.07, 6.45) is 2.07. The number of rotatable bonds is 5. The third-order valence-corrected chi connectivity index (χ3v) is 4.70. The molecule has 1 heterocycles. The molecule has 0 saturated heterocycles. The molecule has 0 radical (unpaired) electrons. The van der Waals surface area contributed by atoms with Gasteiger partial charge in [-0.1, -0.05) is 36.4 Å². The number of hydrogen-bond donors (Lipinski definition) is 2. The zero-order valence-corrected chi connectivity index (χ0v) is 15.6. The highest BCUT2D eigenvalue weighted by atomic mass is 16.2. The first-order chi connectivity index (χ1) is 13.6. The monoisotopic (exact) mass is 371 g/mol. The van der Waals surface area contributed by atoms with Crippen molar-refractivity contribution in [2.45, 2.75) is 25.8 Å². The molecule has 1 saturated carbocycles. The third kappa shape index (κ3) is 4.09. The third-order valence-electron chi connectivity index (χ3n) is 4.70. The number of pyridine rings is 1. The molecule has 5 heteroatoms. The van der Waals surface area contributed by atoms with Crippen LogP contribution in [0.5, 0.6) is 0 Å². The van der Waals surface area contributed by atoms with Gasteiger partial charge >= 0.3 is 0 Å². The van der Waals surface area contributed by atoms with Crippen molar-refractivity contribution in [3.05, 3.63) is 83.6 Å². The number of amides is 2. The van der Waals surface area contributed by atoms with Crippen LogP contribution in [-0.4, -0.2) is 22.8 Å². The zero-order chi connectivity index (χ0) is 19.5. The van der Waals surface area contributed by atoms with E-state index in [0.717, 1.165) is 24.1 Å². The van der Waals surface area contributed by atoms with Crippen molar-refractivity contribution >= 4 is 17.5 Å². The molecule has 5 nitrogen and oxygen atoms in total. The van der Waals surface area contributed by atoms with Crippen LogP contribution in [0.3, 0.4) is 0 Å². The average Bonchev–Trinajstić information content (AvgIpc) is 3.52. The minimum Gasteiger partial charge on any atom is -0.349 e. The van der Waals surface area contributed by atoms with Crippen LogP contribution in [0.1, 0.15) is 39.3 Å². The molecule has 1 aliphatic carbocycles. The first-order valence-corrected chi connectivity index (χ1v) is 9.35. The fraction of sp³-hybridized carbons (Fsp3) is 0.174. The molecule has 0 atom stereocenters. The van der Waals surface area contributed by atoms with Crippen molar-refractivity contribution in [2.75, 3.05) is 5.32 Å². The summed E-state index contributed by atoms with van der Waals surface area (Å²) in [6, 6.07) is 20.7. The maximum atomic E-state index is 12.7. The second kappa shape index (κ2) is 7.64. The van der Waals surface area contributed by atoms with E-state index in [1.807, 2.05) is 43.3 Å². The fourth-order valence-corrected chi connectivity index (χ4v) is 3.00. The first-order valence-electron chi connectivity index (χ1n) is 9.35. The van der Waals surface area contributed by atoms with Gasteiger partial charge in [-0.05, 0) is 50.1 Å². The van der Waals surface area contributed by atoms with E-state index in [4.69, 9.17) is 0 Å². The molecule has 0 spiro atoms. The van der Waals surface area contributed by atoms with E-state index >= 15 is 0 Å². The van der Waals surface area contributed by atoms with Crippen LogP contribution >= 0.6 is 0 Å². The summed E-state index contributed by atoms with van der Waals surface area (Å²) in [5, 5.41) is 5.82. The zero-order valence-electron chi connectivity index (χ0n) is 15.6. The van der Waals surface area contributed by atoms with Gasteiger partial charge in [-0.15, -0.1) is 0 Å². The van der Waals surface area contributed by atoms with E-state index in [-0.39, 0.29) is 11.8 Å². The Balaban J connectivity index is 1.50. The number of aromatic nitrogens is 1. The van der Waals surface area contributed by atoms with E-state index in [1.165, 1.54) is 0 Å². The molecule has 2 N–H and O–H groups in total. The molecule has 140 valence electrons. The Labute approximate surface area is 163 Å². The summed E-state index contributed by atoms with van der Waals surface area (Å²) in [5.41, 5.74) is 4.12. The lowest BCUT2D eigenvalue weighted by molar-refractivity contribution is 0.0949. The highest BCUT2D eigenvalue weighted by molar-refractivity contribution is 6.06. The largest absolute Gasteiger partial charge is 0.349 e. The van der Waals surface area contributed by atoms with E-state index < -0.39 is 0 Å². The first kappa shape index (κ1) is 17.9. The molecule has 1 aliphatic rings. The predicted octanol–water partition coefficient (Wildman–Crippen LogP) is 4.20. The van der Waals surface area contributed by atoms with Gasteiger partial charge in [0.1, 0.15) is 0 Å². The van der Waals surface area contributed by atoms with E-state index in [2.05, 4.69) is 15.6 Å². The standard InChI is InChI=1S/C23H21N3O2/c1-15-20(12-13-21(24-15)16-6-3-2-4-7-16)23(28)26-19-9-5-8-17(14-19)22(27)25-18-10-11-18/h2-9,12-14,18H,10-11H2,1H3,(H,25,27)(H,26,28). The van der Waals surface area contributed by atoms with Crippen LogP contribution in [0.25, 0.3) is 11.3 Å². The normalized spacial score (nSPS) is 13.0. The molecule has 0 unspecified atom stereocenters. The van der Waals surface area contributed by atoms with Gasteiger partial charge in [-0.25, -0.2) is 0 Å². The van der Waals surface area contributed by atoms with E-state index in [1.54, 1.807) is 30.3 Å². The lowest BCUT2D eigenvalue weighted by Crippen LogP contribution is -2.25. The number of benzene rings is 2. The topological polar surface area (TPSA) is 71.1 Å². The van der Waals surface area contributed by atoms with Gasteiger partial charge in [0.15, 0.2) is 0 Å². The highest BCUT2D eigenvalue weighted by Crippen LogP contribution is 2.21. The predicted molar refractivity (Wildman–Crippen MR) is 109 cm³/mol. The second-order valence-corrected chi connectivity index (χ2v) is 6.98. The average molecular weight is 371 g/mol. The minimum absolute atomic E-state index is 0.108. The molecule has 0 aliphatic heterocycles. The maximum Gasteiger partial charge on any atom is 0.257 e. The number of carbonyl (C=O) groups is 2. The Morgan fingerprint density at radius 1 is 0.929 bits per heavy atom. The quantitative estimate of drug-likeness (QED) is 0.706. The van der Waals surface area contributed by atoms with Crippen molar-refractivity contribution in [3.63, 3.8) is 0 Å². The van der Waals surface area contributed by atoms with E-state index in [0.29, 0.717) is 28.6 Å². The van der Waals surface area contributed by atoms with Gasteiger partial charge in [-0.2, -0.15) is 0 Å². The minimum atomic E-state index is -0.246. The van der Waals surface area contributed by atoms with Crippen molar-refractivity contribution in [1.82, 2.24) is 10.3 Å². The lowest BCUT2D eigenvalue weighted by atomic mass is 10.1. The molecule has 0 bridgehead atoms. The summed E-state index contributed by atoms with van der Waals surface area (Å²) in [5.74, 6) is -0.354. The Morgan fingerprint density at radius 2 is 1.71 bits per heavy atom. The van der Waals surface area contributed by atoms with Crippen LogP contribution < -0.4 is 10.6 Å². The van der Waals surface area contributed by atoms with Crippen LogP contribution in [0.4, 0.5) is 5.69 Å². The molecule has 1 fully saturated rings. The van der Waals surface area contributed by atoms with Crippen LogP contribution in [-0.2, 0) is 0 Å². The summed E-state index contributed by atoms with van der Waals surface area (Å²) < 4.78 is 0. The summed E-state index contributed by atoms with van der Waals surface area (Å²) >= 11 is 0. The van der Waals surface area contributed by atoms with Crippen molar-refractivity contribution in [2.24, 2.45) is 0 Å². The van der Waals surface area contributed by atoms with Crippen molar-refractivity contribution < 1.29 is 9.59 Å². The van der Waals surface area contributed by atoms with Crippen molar-refractivity contribution in [3.8, 4) is 11.3 Å². The molecule has 4 rings (SSSR count). The Morgan fingerprint density at radius 3 is 2.43 bits per heavy atom. The Kier molecular flexibility index (Phi) is 4.89. The molecular weight excluding hydrogens is 350 g/mol. The number of hydrogen-bond acceptors (Lipinski definition) is 3. The number of aryl methyl sites for hydroxylation is 1. The van der Waals surface area contributed by atoms with Crippen LogP contribution in [0, 0.1) is 6.92 Å². The molecule has 2 amide bonds. The van der Waals surface area contributed by atoms with Gasteiger partial charge in [0.2, 0.25) is 0 Å². The molecule has 28 heavy (non-hydrogen) atoms. The molecule has 3 aromatic rings. The number of nitrogens with one attached hydrogen (secondary N) is 2. The summed E-state index contributed by atoms with van der Waals surface area (Å²) in [6.45, 7) is 1.82. The van der Waals surface area contributed by atoms with E-state index in [9.17, 15) is 9.59 Å².